The molecular weight excluding hydrogens is 459 g/mol. The summed E-state index contributed by atoms with van der Waals surface area (Å²) in [5, 5.41) is 14.3. The van der Waals surface area contributed by atoms with Crippen LogP contribution in [0.4, 0.5) is 39.5 Å². The fraction of sp³-hybridized carbons (Fsp3) is 0.333. The van der Waals surface area contributed by atoms with Gasteiger partial charge in [-0.05, 0) is 37.1 Å². The zero-order chi connectivity index (χ0) is 24.6. The monoisotopic (exact) mass is 476 g/mol. The molecule has 0 aromatic carbocycles. The minimum Gasteiger partial charge on any atom is -0.345 e. The molecule has 0 amide bonds. The highest BCUT2D eigenvalue weighted by molar-refractivity contribution is 5.59. The maximum absolute atomic E-state index is 13.7. The number of alkyl halides is 5. The molecule has 0 saturated heterocycles. The van der Waals surface area contributed by atoms with Crippen molar-refractivity contribution in [1.29, 1.82) is 5.26 Å². The molecular formula is C21H17F5N8. The van der Waals surface area contributed by atoms with Gasteiger partial charge >= 0.3 is 6.18 Å². The summed E-state index contributed by atoms with van der Waals surface area (Å²) < 4.78 is 65.6. The van der Waals surface area contributed by atoms with Crippen molar-refractivity contribution in [1.82, 2.24) is 24.9 Å². The number of aromatic nitrogens is 5. The number of nitrogens with zero attached hydrogens (tertiary/aromatic N) is 6. The predicted octanol–water partition coefficient (Wildman–Crippen LogP) is 4.71. The molecule has 0 bridgehead atoms. The van der Waals surface area contributed by atoms with Crippen molar-refractivity contribution >= 4 is 17.6 Å². The van der Waals surface area contributed by atoms with Gasteiger partial charge in [0.15, 0.2) is 5.82 Å². The fourth-order valence-electron chi connectivity index (χ4n) is 3.06. The first kappa shape index (κ1) is 23.2. The minimum atomic E-state index is -4.54. The first-order valence-corrected chi connectivity index (χ1v) is 10.0. The Morgan fingerprint density at radius 2 is 1.76 bits per heavy atom. The number of nitrogens with one attached hydrogen (secondary N) is 2. The molecule has 8 nitrogen and oxygen atoms in total. The van der Waals surface area contributed by atoms with Crippen molar-refractivity contribution in [2.45, 2.75) is 37.3 Å². The molecule has 0 atom stereocenters. The van der Waals surface area contributed by atoms with Crippen molar-refractivity contribution in [3.8, 4) is 17.6 Å². The second-order valence-electron chi connectivity index (χ2n) is 7.82. The van der Waals surface area contributed by atoms with Crippen molar-refractivity contribution in [3.63, 3.8) is 0 Å². The zero-order valence-electron chi connectivity index (χ0n) is 17.7. The number of hydrogen-bond donors (Lipinski definition) is 2. The van der Waals surface area contributed by atoms with Gasteiger partial charge in [0.2, 0.25) is 11.9 Å². The molecule has 2 N–H and O–H groups in total. The molecule has 0 unspecified atom stereocenters. The van der Waals surface area contributed by atoms with Gasteiger partial charge in [0.1, 0.15) is 17.9 Å². The quantitative estimate of drug-likeness (QED) is 0.472. The van der Waals surface area contributed by atoms with E-state index in [2.05, 4.69) is 41.6 Å². The summed E-state index contributed by atoms with van der Waals surface area (Å²) in [5.74, 6) is -4.03. The lowest BCUT2D eigenvalue weighted by atomic mass is 10.0. The zero-order valence-corrected chi connectivity index (χ0v) is 17.7. The number of anilines is 3. The fourth-order valence-corrected chi connectivity index (χ4v) is 3.06. The van der Waals surface area contributed by atoms with Crippen LogP contribution in [-0.2, 0) is 11.3 Å². The van der Waals surface area contributed by atoms with Crippen LogP contribution >= 0.6 is 0 Å². The van der Waals surface area contributed by atoms with E-state index in [1.165, 1.54) is 18.3 Å². The standard InChI is InChI=1S/C21H17F5N8/c1-19(22,23)14-4-2-3-13(31-14)16-32-17(29-11-21(24,25)26)34-18(33-16)30-12-5-8-28-15(9-12)20(10-27)6-7-20/h2-5,8-9H,6-7,11H2,1H3,(H2,28,29,30,32,33,34). The lowest BCUT2D eigenvalue weighted by Gasteiger charge is -2.13. The van der Waals surface area contributed by atoms with Crippen LogP contribution in [-0.4, -0.2) is 37.6 Å². The number of hydrogen-bond acceptors (Lipinski definition) is 8. The summed E-state index contributed by atoms with van der Waals surface area (Å²) in [7, 11) is 0. The number of rotatable bonds is 7. The van der Waals surface area contributed by atoms with E-state index in [0.29, 0.717) is 31.1 Å². The molecule has 1 saturated carbocycles. The van der Waals surface area contributed by atoms with Crippen molar-refractivity contribution in [2.75, 3.05) is 17.2 Å². The van der Waals surface area contributed by atoms with E-state index >= 15 is 0 Å². The second kappa shape index (κ2) is 8.44. The minimum absolute atomic E-state index is 0.0728. The third-order valence-corrected chi connectivity index (χ3v) is 4.98. The van der Waals surface area contributed by atoms with E-state index in [0.717, 1.165) is 6.07 Å². The average molecular weight is 476 g/mol. The lowest BCUT2D eigenvalue weighted by molar-refractivity contribution is -0.115. The molecule has 0 radical (unpaired) electrons. The lowest BCUT2D eigenvalue weighted by Crippen LogP contribution is -2.23. The summed E-state index contributed by atoms with van der Waals surface area (Å²) in [5.41, 5.74) is -0.292. The summed E-state index contributed by atoms with van der Waals surface area (Å²) in [6.07, 6.45) is -1.72. The van der Waals surface area contributed by atoms with Gasteiger partial charge in [0, 0.05) is 18.8 Å². The molecule has 0 spiro atoms. The van der Waals surface area contributed by atoms with Gasteiger partial charge in [-0.1, -0.05) is 6.07 Å². The maximum Gasteiger partial charge on any atom is 0.405 e. The van der Waals surface area contributed by atoms with Crippen LogP contribution in [0.15, 0.2) is 36.5 Å². The molecule has 176 valence electrons. The summed E-state index contributed by atoms with van der Waals surface area (Å²) >= 11 is 0. The van der Waals surface area contributed by atoms with E-state index in [-0.39, 0.29) is 17.5 Å². The number of nitriles is 1. The highest BCUT2D eigenvalue weighted by Gasteiger charge is 2.46. The Morgan fingerprint density at radius 1 is 1.03 bits per heavy atom. The van der Waals surface area contributed by atoms with Crippen LogP contribution in [0.2, 0.25) is 0 Å². The van der Waals surface area contributed by atoms with Crippen LogP contribution in [0.1, 0.15) is 31.2 Å². The van der Waals surface area contributed by atoms with Crippen LogP contribution in [0.5, 0.6) is 0 Å². The van der Waals surface area contributed by atoms with Gasteiger partial charge in [0.25, 0.3) is 5.92 Å². The molecule has 3 aromatic rings. The second-order valence-corrected chi connectivity index (χ2v) is 7.82. The van der Waals surface area contributed by atoms with Gasteiger partial charge in [-0.3, -0.25) is 4.98 Å². The summed E-state index contributed by atoms with van der Waals surface area (Å²) in [6.45, 7) is -0.745. The van der Waals surface area contributed by atoms with Crippen molar-refractivity contribution < 1.29 is 22.0 Å². The van der Waals surface area contributed by atoms with E-state index in [1.54, 1.807) is 12.1 Å². The topological polar surface area (TPSA) is 112 Å². The Balaban J connectivity index is 1.70. The smallest absolute Gasteiger partial charge is 0.345 e. The number of halogens is 5. The van der Waals surface area contributed by atoms with Crippen LogP contribution in [0, 0.1) is 11.3 Å². The number of pyridine rings is 2. The average Bonchev–Trinajstić information content (AvgIpc) is 3.58. The van der Waals surface area contributed by atoms with E-state index in [4.69, 9.17) is 0 Å². The van der Waals surface area contributed by atoms with Gasteiger partial charge in [-0.15, -0.1) is 0 Å². The van der Waals surface area contributed by atoms with Gasteiger partial charge < -0.3 is 10.6 Å². The van der Waals surface area contributed by atoms with Crippen molar-refractivity contribution in [2.24, 2.45) is 0 Å². The normalized spacial score (nSPS) is 14.9. The Kier molecular flexibility index (Phi) is 5.76. The molecule has 0 aliphatic heterocycles. The molecule has 1 aliphatic rings. The highest BCUT2D eigenvalue weighted by Crippen LogP contribution is 2.47. The summed E-state index contributed by atoms with van der Waals surface area (Å²) in [4.78, 5) is 20.1. The molecule has 3 heterocycles. The van der Waals surface area contributed by atoms with Crippen LogP contribution < -0.4 is 10.6 Å². The molecule has 3 aromatic heterocycles. The molecule has 4 rings (SSSR count). The molecule has 13 heteroatoms. The van der Waals surface area contributed by atoms with E-state index < -0.39 is 35.7 Å². The Bertz CT molecular complexity index is 1240. The van der Waals surface area contributed by atoms with Gasteiger partial charge in [0.05, 0.1) is 17.2 Å². The third-order valence-electron chi connectivity index (χ3n) is 4.98. The molecule has 34 heavy (non-hydrogen) atoms. The Morgan fingerprint density at radius 3 is 2.41 bits per heavy atom. The largest absolute Gasteiger partial charge is 0.405 e. The van der Waals surface area contributed by atoms with Gasteiger partial charge in [-0.25, -0.2) is 4.98 Å². The van der Waals surface area contributed by atoms with Crippen LogP contribution in [0.3, 0.4) is 0 Å². The highest BCUT2D eigenvalue weighted by atomic mass is 19.4. The Labute approximate surface area is 190 Å². The molecule has 1 aliphatic carbocycles. The molecule has 1 fully saturated rings. The van der Waals surface area contributed by atoms with E-state index in [1.807, 2.05) is 0 Å². The SMILES string of the molecule is CC(F)(F)c1cccc(-c2nc(NCC(F)(F)F)nc(Nc3ccnc(C4(C#N)CC4)c3)n2)n1. The maximum atomic E-state index is 13.7. The van der Waals surface area contributed by atoms with Gasteiger partial charge in [-0.2, -0.15) is 42.2 Å². The van der Waals surface area contributed by atoms with Crippen molar-refractivity contribution in [3.05, 3.63) is 47.9 Å². The third kappa shape index (κ3) is 5.33. The first-order chi connectivity index (χ1) is 16.0. The predicted molar refractivity (Wildman–Crippen MR) is 111 cm³/mol. The van der Waals surface area contributed by atoms with Crippen LogP contribution in [0.25, 0.3) is 11.5 Å². The first-order valence-electron chi connectivity index (χ1n) is 10.0. The van der Waals surface area contributed by atoms with E-state index in [9.17, 15) is 27.2 Å². The summed E-state index contributed by atoms with van der Waals surface area (Å²) in [6, 6.07) is 9.22. The Hall–Kier alpha value is -3.95.